The minimum absolute atomic E-state index is 0.0930. The van der Waals surface area contributed by atoms with E-state index in [2.05, 4.69) is 0 Å². The SMILES string of the molecule is Oc1ccc(C(F)(F)F)cc1OCc1ccccc1. The molecular formula is C14H11F3O2. The third-order valence-electron chi connectivity index (χ3n) is 2.52. The number of hydrogen-bond donors (Lipinski definition) is 1. The smallest absolute Gasteiger partial charge is 0.416 e. The first-order valence-corrected chi connectivity index (χ1v) is 5.54. The van der Waals surface area contributed by atoms with Gasteiger partial charge >= 0.3 is 6.18 Å². The summed E-state index contributed by atoms with van der Waals surface area (Å²) in [6.45, 7) is 0.0930. The fraction of sp³-hybridized carbons (Fsp3) is 0.143. The Kier molecular flexibility index (Phi) is 3.64. The van der Waals surface area contributed by atoms with Gasteiger partial charge in [0.1, 0.15) is 6.61 Å². The third kappa shape index (κ3) is 3.40. The predicted octanol–water partition coefficient (Wildman–Crippen LogP) is 3.99. The van der Waals surface area contributed by atoms with Crippen LogP contribution in [0.1, 0.15) is 11.1 Å². The van der Waals surface area contributed by atoms with Crippen LogP contribution in [-0.4, -0.2) is 5.11 Å². The highest BCUT2D eigenvalue weighted by molar-refractivity contribution is 5.42. The van der Waals surface area contributed by atoms with Crippen molar-refractivity contribution in [3.63, 3.8) is 0 Å². The fourth-order valence-electron chi connectivity index (χ4n) is 1.54. The van der Waals surface area contributed by atoms with Gasteiger partial charge in [-0.1, -0.05) is 30.3 Å². The van der Waals surface area contributed by atoms with Crippen LogP contribution in [0.5, 0.6) is 11.5 Å². The second kappa shape index (κ2) is 5.22. The summed E-state index contributed by atoms with van der Waals surface area (Å²) in [6.07, 6.45) is -4.46. The Morgan fingerprint density at radius 2 is 1.68 bits per heavy atom. The monoisotopic (exact) mass is 268 g/mol. The number of benzene rings is 2. The quantitative estimate of drug-likeness (QED) is 0.912. The van der Waals surface area contributed by atoms with Crippen molar-refractivity contribution >= 4 is 0 Å². The maximum atomic E-state index is 12.5. The van der Waals surface area contributed by atoms with E-state index >= 15 is 0 Å². The lowest BCUT2D eigenvalue weighted by Crippen LogP contribution is -2.05. The molecule has 100 valence electrons. The van der Waals surface area contributed by atoms with Gasteiger partial charge in [-0.2, -0.15) is 13.2 Å². The molecule has 2 aromatic carbocycles. The van der Waals surface area contributed by atoms with Crippen molar-refractivity contribution in [1.29, 1.82) is 0 Å². The summed E-state index contributed by atoms with van der Waals surface area (Å²) in [5, 5.41) is 9.49. The molecule has 2 aromatic rings. The van der Waals surface area contributed by atoms with Crippen molar-refractivity contribution in [1.82, 2.24) is 0 Å². The van der Waals surface area contributed by atoms with Crippen molar-refractivity contribution in [2.24, 2.45) is 0 Å². The minimum atomic E-state index is -4.46. The lowest BCUT2D eigenvalue weighted by atomic mass is 10.2. The van der Waals surface area contributed by atoms with Gasteiger partial charge in [0.15, 0.2) is 11.5 Å². The molecule has 0 saturated heterocycles. The zero-order chi connectivity index (χ0) is 13.9. The molecule has 0 heterocycles. The highest BCUT2D eigenvalue weighted by Crippen LogP contribution is 2.35. The Morgan fingerprint density at radius 1 is 1.00 bits per heavy atom. The molecule has 0 aromatic heterocycles. The van der Waals surface area contributed by atoms with Crippen LogP contribution < -0.4 is 4.74 Å². The number of aromatic hydroxyl groups is 1. The van der Waals surface area contributed by atoms with Crippen LogP contribution in [0.25, 0.3) is 0 Å². The number of phenolic OH excluding ortho intramolecular Hbond substituents is 1. The molecule has 0 aliphatic heterocycles. The Hall–Kier alpha value is -2.17. The average molecular weight is 268 g/mol. The molecule has 0 unspecified atom stereocenters. The highest BCUT2D eigenvalue weighted by atomic mass is 19.4. The summed E-state index contributed by atoms with van der Waals surface area (Å²) < 4.78 is 42.8. The molecule has 5 heteroatoms. The minimum Gasteiger partial charge on any atom is -0.504 e. The molecule has 1 N–H and O–H groups in total. The van der Waals surface area contributed by atoms with Crippen molar-refractivity contribution in [2.75, 3.05) is 0 Å². The lowest BCUT2D eigenvalue weighted by Gasteiger charge is -2.11. The first kappa shape index (κ1) is 13.3. The summed E-state index contributed by atoms with van der Waals surface area (Å²) in [5.41, 5.74) is -0.0485. The van der Waals surface area contributed by atoms with Crippen LogP contribution in [0.3, 0.4) is 0 Å². The van der Waals surface area contributed by atoms with Crippen LogP contribution in [0.2, 0.25) is 0 Å². The van der Waals surface area contributed by atoms with Crippen LogP contribution in [-0.2, 0) is 12.8 Å². The van der Waals surface area contributed by atoms with Gasteiger partial charge in [0.25, 0.3) is 0 Å². The number of hydrogen-bond acceptors (Lipinski definition) is 2. The molecule has 0 spiro atoms. The summed E-state index contributed by atoms with van der Waals surface area (Å²) in [7, 11) is 0. The molecule has 19 heavy (non-hydrogen) atoms. The first-order valence-electron chi connectivity index (χ1n) is 5.54. The van der Waals surface area contributed by atoms with Gasteiger partial charge < -0.3 is 9.84 Å². The van der Waals surface area contributed by atoms with Crippen LogP contribution in [0.15, 0.2) is 48.5 Å². The van der Waals surface area contributed by atoms with Gasteiger partial charge in [-0.3, -0.25) is 0 Å². The average Bonchev–Trinajstić information content (AvgIpc) is 2.37. The van der Waals surface area contributed by atoms with Gasteiger partial charge in [-0.15, -0.1) is 0 Å². The number of phenols is 1. The van der Waals surface area contributed by atoms with E-state index in [1.165, 1.54) is 0 Å². The Morgan fingerprint density at radius 3 is 2.32 bits per heavy atom. The maximum absolute atomic E-state index is 12.5. The van der Waals surface area contributed by atoms with Crippen molar-refractivity contribution in [3.8, 4) is 11.5 Å². The number of halogens is 3. The molecule has 0 aliphatic carbocycles. The van der Waals surface area contributed by atoms with E-state index in [-0.39, 0.29) is 18.1 Å². The summed E-state index contributed by atoms with van der Waals surface area (Å²) in [5.74, 6) is -0.498. The zero-order valence-electron chi connectivity index (χ0n) is 9.82. The second-order valence-electron chi connectivity index (χ2n) is 3.95. The van der Waals surface area contributed by atoms with Gasteiger partial charge in [0.05, 0.1) is 5.56 Å². The summed E-state index contributed by atoms with van der Waals surface area (Å²) >= 11 is 0. The molecule has 0 saturated carbocycles. The van der Waals surface area contributed by atoms with E-state index in [1.807, 2.05) is 6.07 Å². The largest absolute Gasteiger partial charge is 0.504 e. The summed E-state index contributed by atoms with van der Waals surface area (Å²) in [4.78, 5) is 0. The van der Waals surface area contributed by atoms with Crippen LogP contribution in [0.4, 0.5) is 13.2 Å². The highest BCUT2D eigenvalue weighted by Gasteiger charge is 2.31. The van der Waals surface area contributed by atoms with E-state index in [0.717, 1.165) is 23.8 Å². The van der Waals surface area contributed by atoms with Gasteiger partial charge in [0.2, 0.25) is 0 Å². The second-order valence-corrected chi connectivity index (χ2v) is 3.95. The topological polar surface area (TPSA) is 29.5 Å². The maximum Gasteiger partial charge on any atom is 0.416 e. The van der Waals surface area contributed by atoms with Crippen LogP contribution >= 0.6 is 0 Å². The molecule has 0 atom stereocenters. The van der Waals surface area contributed by atoms with Crippen molar-refractivity contribution in [3.05, 3.63) is 59.7 Å². The lowest BCUT2D eigenvalue weighted by molar-refractivity contribution is -0.137. The van der Waals surface area contributed by atoms with Gasteiger partial charge in [-0.05, 0) is 23.8 Å². The Labute approximate surface area is 108 Å². The standard InChI is InChI=1S/C14H11F3O2/c15-14(16,17)11-6-7-12(18)13(8-11)19-9-10-4-2-1-3-5-10/h1-8,18H,9H2. The first-order chi connectivity index (χ1) is 8.97. The molecule has 0 radical (unpaired) electrons. The zero-order valence-corrected chi connectivity index (χ0v) is 9.82. The van der Waals surface area contributed by atoms with E-state index < -0.39 is 11.7 Å². The molecule has 2 rings (SSSR count). The van der Waals surface area contributed by atoms with E-state index in [0.29, 0.717) is 0 Å². The van der Waals surface area contributed by atoms with Crippen LogP contribution in [0, 0.1) is 0 Å². The molecule has 0 amide bonds. The number of rotatable bonds is 3. The normalized spacial score (nSPS) is 11.3. The number of ether oxygens (including phenoxy) is 1. The number of alkyl halides is 3. The van der Waals surface area contributed by atoms with E-state index in [1.54, 1.807) is 24.3 Å². The van der Waals surface area contributed by atoms with E-state index in [4.69, 9.17) is 4.74 Å². The predicted molar refractivity (Wildman–Crippen MR) is 63.9 cm³/mol. The third-order valence-corrected chi connectivity index (χ3v) is 2.52. The van der Waals surface area contributed by atoms with Crippen molar-refractivity contribution in [2.45, 2.75) is 12.8 Å². The van der Waals surface area contributed by atoms with Gasteiger partial charge in [-0.25, -0.2) is 0 Å². The molecule has 2 nitrogen and oxygen atoms in total. The Bertz CT molecular complexity index is 550. The van der Waals surface area contributed by atoms with E-state index in [9.17, 15) is 18.3 Å². The molecule has 0 aliphatic rings. The fourth-order valence-corrected chi connectivity index (χ4v) is 1.54. The Balaban J connectivity index is 2.16. The van der Waals surface area contributed by atoms with Crippen molar-refractivity contribution < 1.29 is 23.0 Å². The molecule has 0 fully saturated rings. The van der Waals surface area contributed by atoms with Gasteiger partial charge in [0, 0.05) is 0 Å². The summed E-state index contributed by atoms with van der Waals surface area (Å²) in [6, 6.07) is 11.6. The molecular weight excluding hydrogens is 257 g/mol. The molecule has 0 bridgehead atoms.